The van der Waals surface area contributed by atoms with Gasteiger partial charge in [0.15, 0.2) is 0 Å². The molecule has 0 aromatic carbocycles. The van der Waals surface area contributed by atoms with Gasteiger partial charge in [-0.25, -0.2) is 9.59 Å². The number of alkyl carbamates (subject to hydrolysis) is 1. The van der Waals surface area contributed by atoms with Crippen molar-refractivity contribution in [3.05, 3.63) is 12.7 Å². The van der Waals surface area contributed by atoms with Crippen LogP contribution < -0.4 is 5.32 Å². The van der Waals surface area contributed by atoms with Gasteiger partial charge in [0.05, 0.1) is 13.7 Å². The Kier molecular flexibility index (Phi) is 7.93. The van der Waals surface area contributed by atoms with Gasteiger partial charge in [-0.15, -0.1) is 6.58 Å². The summed E-state index contributed by atoms with van der Waals surface area (Å²) in [6, 6.07) is -0.725. The van der Waals surface area contributed by atoms with Gasteiger partial charge in [0.1, 0.15) is 6.04 Å². The molecule has 0 aliphatic carbocycles. The highest BCUT2D eigenvalue weighted by Crippen LogP contribution is 1.97. The third kappa shape index (κ3) is 6.06. The first-order chi connectivity index (χ1) is 7.65. The average Bonchev–Trinajstić information content (AvgIpc) is 2.28. The van der Waals surface area contributed by atoms with Crippen LogP contribution in [0.3, 0.4) is 0 Å². The summed E-state index contributed by atoms with van der Waals surface area (Å²) in [6.45, 7) is 5.85. The van der Waals surface area contributed by atoms with Crippen molar-refractivity contribution >= 4 is 12.1 Å². The zero-order valence-electron chi connectivity index (χ0n) is 9.82. The first-order valence-corrected chi connectivity index (χ1v) is 5.27. The van der Waals surface area contributed by atoms with Crippen LogP contribution in [0.15, 0.2) is 12.7 Å². The van der Waals surface area contributed by atoms with E-state index in [9.17, 15) is 9.59 Å². The molecule has 1 atom stereocenters. The van der Waals surface area contributed by atoms with E-state index in [1.54, 1.807) is 0 Å². The average molecular weight is 229 g/mol. The van der Waals surface area contributed by atoms with Gasteiger partial charge in [-0.05, 0) is 12.8 Å². The second-order valence-corrected chi connectivity index (χ2v) is 3.23. The van der Waals surface area contributed by atoms with Gasteiger partial charge in [0.2, 0.25) is 0 Å². The number of hydrogen-bond donors (Lipinski definition) is 1. The molecule has 0 aromatic heterocycles. The molecular formula is C11H19NO4. The standard InChI is InChI=1S/C11H19NO4/c1-4-6-8-16-11(14)12-9(7-5-2)10(13)15-3/h5,9H,2,4,6-8H2,1,3H3,(H,12,14)/t9-/m1/s1. The molecule has 5 heteroatoms. The van der Waals surface area contributed by atoms with Crippen LogP contribution in [-0.2, 0) is 14.3 Å². The lowest BCUT2D eigenvalue weighted by molar-refractivity contribution is -0.142. The van der Waals surface area contributed by atoms with E-state index in [1.165, 1.54) is 13.2 Å². The van der Waals surface area contributed by atoms with E-state index in [4.69, 9.17) is 4.74 Å². The number of esters is 1. The van der Waals surface area contributed by atoms with Gasteiger partial charge in [-0.1, -0.05) is 19.4 Å². The molecule has 0 radical (unpaired) electrons. The highest BCUT2D eigenvalue weighted by atomic mass is 16.6. The number of carbonyl (C=O) groups excluding carboxylic acids is 2. The minimum Gasteiger partial charge on any atom is -0.467 e. The van der Waals surface area contributed by atoms with Gasteiger partial charge in [0.25, 0.3) is 0 Å². The molecule has 0 aromatic rings. The maximum Gasteiger partial charge on any atom is 0.407 e. The van der Waals surface area contributed by atoms with Crippen molar-refractivity contribution in [3.8, 4) is 0 Å². The fourth-order valence-corrected chi connectivity index (χ4v) is 1.02. The van der Waals surface area contributed by atoms with E-state index in [0.29, 0.717) is 13.0 Å². The van der Waals surface area contributed by atoms with E-state index in [0.717, 1.165) is 12.8 Å². The summed E-state index contributed by atoms with van der Waals surface area (Å²) in [5.41, 5.74) is 0. The Labute approximate surface area is 95.8 Å². The number of methoxy groups -OCH3 is 1. The fourth-order valence-electron chi connectivity index (χ4n) is 1.02. The predicted octanol–water partition coefficient (Wildman–Crippen LogP) is 1.63. The summed E-state index contributed by atoms with van der Waals surface area (Å²) in [5, 5.41) is 2.42. The lowest BCUT2D eigenvalue weighted by Crippen LogP contribution is -2.41. The molecule has 1 amide bonds. The van der Waals surface area contributed by atoms with E-state index in [2.05, 4.69) is 16.6 Å². The van der Waals surface area contributed by atoms with Gasteiger partial charge in [-0.3, -0.25) is 0 Å². The number of carbonyl (C=O) groups is 2. The summed E-state index contributed by atoms with van der Waals surface area (Å²) in [6.07, 6.45) is 2.99. The lowest BCUT2D eigenvalue weighted by atomic mass is 10.2. The van der Waals surface area contributed by atoms with E-state index in [1.807, 2.05) is 6.92 Å². The molecule has 0 bridgehead atoms. The Bertz CT molecular complexity index is 240. The second kappa shape index (κ2) is 8.76. The summed E-state index contributed by atoms with van der Waals surface area (Å²) in [4.78, 5) is 22.5. The van der Waals surface area contributed by atoms with E-state index >= 15 is 0 Å². The highest BCUT2D eigenvalue weighted by molar-refractivity contribution is 5.81. The van der Waals surface area contributed by atoms with Crippen molar-refractivity contribution in [2.45, 2.75) is 32.2 Å². The van der Waals surface area contributed by atoms with Crippen LogP contribution in [0.25, 0.3) is 0 Å². The molecule has 1 N–H and O–H groups in total. The molecule has 0 saturated heterocycles. The molecule has 16 heavy (non-hydrogen) atoms. The number of hydrogen-bond acceptors (Lipinski definition) is 4. The smallest absolute Gasteiger partial charge is 0.407 e. The van der Waals surface area contributed by atoms with Crippen molar-refractivity contribution in [1.29, 1.82) is 0 Å². The topological polar surface area (TPSA) is 64.6 Å². The number of amides is 1. The molecule has 92 valence electrons. The van der Waals surface area contributed by atoms with Crippen LogP contribution in [0.2, 0.25) is 0 Å². The van der Waals surface area contributed by atoms with Gasteiger partial charge in [-0.2, -0.15) is 0 Å². The highest BCUT2D eigenvalue weighted by Gasteiger charge is 2.20. The van der Waals surface area contributed by atoms with Crippen molar-refractivity contribution in [2.75, 3.05) is 13.7 Å². The summed E-state index contributed by atoms with van der Waals surface area (Å²) >= 11 is 0. The van der Waals surface area contributed by atoms with Crippen molar-refractivity contribution in [2.24, 2.45) is 0 Å². The van der Waals surface area contributed by atoms with Crippen molar-refractivity contribution in [3.63, 3.8) is 0 Å². The maximum atomic E-state index is 11.2. The maximum absolute atomic E-state index is 11.2. The van der Waals surface area contributed by atoms with Gasteiger partial charge < -0.3 is 14.8 Å². The largest absolute Gasteiger partial charge is 0.467 e. The molecule has 0 heterocycles. The molecule has 0 rings (SSSR count). The lowest BCUT2D eigenvalue weighted by Gasteiger charge is -2.14. The number of nitrogens with one attached hydrogen (secondary N) is 1. The first kappa shape index (κ1) is 14.5. The molecular weight excluding hydrogens is 210 g/mol. The van der Waals surface area contributed by atoms with Crippen LogP contribution in [0.1, 0.15) is 26.2 Å². The molecule has 0 aliphatic heterocycles. The fraction of sp³-hybridized carbons (Fsp3) is 0.636. The van der Waals surface area contributed by atoms with Gasteiger partial charge in [0, 0.05) is 0 Å². The van der Waals surface area contributed by atoms with Crippen LogP contribution in [0, 0.1) is 0 Å². The summed E-state index contributed by atoms with van der Waals surface area (Å²) in [7, 11) is 1.27. The Hall–Kier alpha value is -1.52. The minimum atomic E-state index is -0.725. The Morgan fingerprint density at radius 3 is 2.69 bits per heavy atom. The zero-order chi connectivity index (χ0) is 12.4. The van der Waals surface area contributed by atoms with E-state index in [-0.39, 0.29) is 0 Å². The van der Waals surface area contributed by atoms with Crippen LogP contribution in [-0.4, -0.2) is 31.8 Å². The Morgan fingerprint density at radius 1 is 1.50 bits per heavy atom. The number of rotatable bonds is 7. The third-order valence-electron chi connectivity index (χ3n) is 1.91. The molecule has 5 nitrogen and oxygen atoms in total. The quantitative estimate of drug-likeness (QED) is 0.409. The number of ether oxygens (including phenoxy) is 2. The van der Waals surface area contributed by atoms with Crippen LogP contribution in [0.4, 0.5) is 4.79 Å². The molecule has 0 aliphatic rings. The monoisotopic (exact) mass is 229 g/mol. The van der Waals surface area contributed by atoms with Crippen molar-refractivity contribution < 1.29 is 19.1 Å². The third-order valence-corrected chi connectivity index (χ3v) is 1.91. The second-order valence-electron chi connectivity index (χ2n) is 3.23. The van der Waals surface area contributed by atoms with E-state index < -0.39 is 18.1 Å². The van der Waals surface area contributed by atoms with Crippen LogP contribution >= 0.6 is 0 Å². The van der Waals surface area contributed by atoms with Crippen LogP contribution in [0.5, 0.6) is 0 Å². The molecule has 0 unspecified atom stereocenters. The molecule has 0 spiro atoms. The summed E-state index contributed by atoms with van der Waals surface area (Å²) in [5.74, 6) is -0.507. The molecule has 0 fully saturated rings. The van der Waals surface area contributed by atoms with Crippen molar-refractivity contribution in [1.82, 2.24) is 5.32 Å². The summed E-state index contributed by atoms with van der Waals surface area (Å²) < 4.78 is 9.40. The predicted molar refractivity (Wildman–Crippen MR) is 60.0 cm³/mol. The SMILES string of the molecule is C=CC[C@@H](NC(=O)OCCCC)C(=O)OC. The Morgan fingerprint density at radius 2 is 2.19 bits per heavy atom. The first-order valence-electron chi connectivity index (χ1n) is 5.27. The van der Waals surface area contributed by atoms with Gasteiger partial charge >= 0.3 is 12.1 Å². The molecule has 0 saturated carbocycles. The number of unbranched alkanes of at least 4 members (excludes halogenated alkanes) is 1. The zero-order valence-corrected chi connectivity index (χ0v) is 9.82. The normalized spacial score (nSPS) is 11.4. The minimum absolute atomic E-state index is 0.315. The Balaban J connectivity index is 4.02.